The summed E-state index contributed by atoms with van der Waals surface area (Å²) in [6.07, 6.45) is 2.24. The van der Waals surface area contributed by atoms with Crippen molar-refractivity contribution in [2.45, 2.75) is 13.0 Å². The summed E-state index contributed by atoms with van der Waals surface area (Å²) in [5, 5.41) is 0. The molecule has 2 amide bonds. The number of carbonyl (C=O) groups excluding carboxylic acids is 3. The summed E-state index contributed by atoms with van der Waals surface area (Å²) in [7, 11) is 3.19. The highest BCUT2D eigenvalue weighted by Crippen LogP contribution is 2.22. The number of halogens is 2. The van der Waals surface area contributed by atoms with Gasteiger partial charge in [-0.2, -0.15) is 0 Å². The Bertz CT molecular complexity index is 1150. The summed E-state index contributed by atoms with van der Waals surface area (Å²) in [6, 6.07) is 11.1. The first kappa shape index (κ1) is 22.7. The van der Waals surface area contributed by atoms with Crippen LogP contribution < -0.4 is 4.90 Å². The lowest BCUT2D eigenvalue weighted by atomic mass is 10.1. The zero-order valence-corrected chi connectivity index (χ0v) is 17.5. The average molecular weight is 438 g/mol. The number of hydrogen-bond donors (Lipinski definition) is 0. The van der Waals surface area contributed by atoms with Gasteiger partial charge in [-0.1, -0.05) is 12.1 Å². The second-order valence-corrected chi connectivity index (χ2v) is 7.15. The molecule has 0 atom stereocenters. The van der Waals surface area contributed by atoms with Crippen LogP contribution in [0.4, 0.5) is 14.5 Å². The normalized spacial score (nSPS) is 10.5. The van der Waals surface area contributed by atoms with Gasteiger partial charge in [0.15, 0.2) is 17.5 Å². The number of benzene rings is 2. The molecule has 1 heterocycles. The number of amides is 2. The molecule has 0 spiro atoms. The maximum Gasteiger partial charge on any atom is 0.253 e. The predicted molar refractivity (Wildman–Crippen MR) is 113 cm³/mol. The second kappa shape index (κ2) is 9.86. The number of nitrogens with zero attached hydrogens (tertiary/aromatic N) is 4. The number of Topliss-reactive ketones (excluding diaryl/α,β-unsaturated/α-hetero) is 1. The highest BCUT2D eigenvalue weighted by Gasteiger charge is 2.23. The molecule has 3 rings (SSSR count). The van der Waals surface area contributed by atoms with Crippen LogP contribution in [0.25, 0.3) is 0 Å². The van der Waals surface area contributed by atoms with Crippen LogP contribution in [0.1, 0.15) is 33.0 Å². The summed E-state index contributed by atoms with van der Waals surface area (Å²) in [6.45, 7) is -0.140. The minimum absolute atomic E-state index is 0.106. The Labute approximate surface area is 183 Å². The monoisotopic (exact) mass is 438 g/mol. The molecule has 7 nitrogen and oxygen atoms in total. The van der Waals surface area contributed by atoms with E-state index in [0.29, 0.717) is 16.8 Å². The summed E-state index contributed by atoms with van der Waals surface area (Å²) in [4.78, 5) is 48.2. The van der Waals surface area contributed by atoms with Gasteiger partial charge in [-0.3, -0.25) is 14.4 Å². The molecule has 0 saturated heterocycles. The highest BCUT2D eigenvalue weighted by molar-refractivity contribution is 6.10. The fraction of sp³-hybridized carbons (Fsp3) is 0.174. The third kappa shape index (κ3) is 5.37. The van der Waals surface area contributed by atoms with Gasteiger partial charge >= 0.3 is 0 Å². The predicted octanol–water partition coefficient (Wildman–Crippen LogP) is 3.26. The zero-order chi connectivity index (χ0) is 23.3. The van der Waals surface area contributed by atoms with Gasteiger partial charge in [0.25, 0.3) is 5.91 Å². The van der Waals surface area contributed by atoms with Gasteiger partial charge in [-0.05, 0) is 42.0 Å². The van der Waals surface area contributed by atoms with E-state index in [0.717, 1.165) is 12.1 Å². The molecule has 0 radical (unpaired) electrons. The molecule has 0 saturated carbocycles. The van der Waals surface area contributed by atoms with Crippen LogP contribution in [0.15, 0.2) is 60.9 Å². The first-order valence-electron chi connectivity index (χ1n) is 9.62. The summed E-state index contributed by atoms with van der Waals surface area (Å²) < 4.78 is 27.1. The minimum Gasteiger partial charge on any atom is -0.345 e. The van der Waals surface area contributed by atoms with E-state index < -0.39 is 29.7 Å². The van der Waals surface area contributed by atoms with Crippen LogP contribution in [0.5, 0.6) is 0 Å². The Hall–Kier alpha value is -4.01. The van der Waals surface area contributed by atoms with Crippen LogP contribution in [-0.4, -0.2) is 46.6 Å². The molecule has 0 bridgehead atoms. The lowest BCUT2D eigenvalue weighted by Crippen LogP contribution is -2.32. The average Bonchev–Trinajstić information content (AvgIpc) is 2.79. The Kier molecular flexibility index (Phi) is 6.99. The van der Waals surface area contributed by atoms with E-state index in [2.05, 4.69) is 9.97 Å². The molecule has 0 fully saturated rings. The van der Waals surface area contributed by atoms with Crippen LogP contribution in [0.3, 0.4) is 0 Å². The number of carbonyl (C=O) groups is 3. The van der Waals surface area contributed by atoms with E-state index in [9.17, 15) is 23.2 Å². The lowest BCUT2D eigenvalue weighted by Gasteiger charge is -2.24. The smallest absolute Gasteiger partial charge is 0.253 e. The van der Waals surface area contributed by atoms with Crippen molar-refractivity contribution in [2.24, 2.45) is 0 Å². The molecule has 1 aromatic heterocycles. The van der Waals surface area contributed by atoms with Crippen molar-refractivity contribution in [1.82, 2.24) is 14.9 Å². The maximum absolute atomic E-state index is 13.7. The van der Waals surface area contributed by atoms with Gasteiger partial charge in [-0.25, -0.2) is 18.7 Å². The van der Waals surface area contributed by atoms with Gasteiger partial charge in [0, 0.05) is 37.7 Å². The zero-order valence-electron chi connectivity index (χ0n) is 17.5. The summed E-state index contributed by atoms with van der Waals surface area (Å²) >= 11 is 0. The van der Waals surface area contributed by atoms with Crippen LogP contribution in [0.2, 0.25) is 0 Å². The number of rotatable bonds is 7. The molecule has 9 heteroatoms. The third-order valence-electron chi connectivity index (χ3n) is 4.56. The van der Waals surface area contributed by atoms with Crippen LogP contribution in [0, 0.1) is 11.6 Å². The van der Waals surface area contributed by atoms with E-state index >= 15 is 0 Å². The molecule has 2 aromatic carbocycles. The van der Waals surface area contributed by atoms with Crippen molar-refractivity contribution in [3.63, 3.8) is 0 Å². The van der Waals surface area contributed by atoms with E-state index in [1.165, 1.54) is 34.3 Å². The highest BCUT2D eigenvalue weighted by atomic mass is 19.2. The Morgan fingerprint density at radius 1 is 0.906 bits per heavy atom. The van der Waals surface area contributed by atoms with Crippen molar-refractivity contribution >= 4 is 23.3 Å². The molecular formula is C23H20F2N4O3. The number of ketones is 1. The van der Waals surface area contributed by atoms with Gasteiger partial charge in [-0.15, -0.1) is 0 Å². The largest absolute Gasteiger partial charge is 0.345 e. The first-order valence-corrected chi connectivity index (χ1v) is 9.62. The molecule has 0 N–H and O–H groups in total. The SMILES string of the molecule is CN(C)C(=O)c1cccc(N(Cc2ccc(F)c(F)c2)C(=O)CC(=O)c2ncccn2)c1. The molecule has 32 heavy (non-hydrogen) atoms. The third-order valence-corrected chi connectivity index (χ3v) is 4.56. The number of anilines is 1. The van der Waals surface area contributed by atoms with E-state index in [1.54, 1.807) is 38.4 Å². The topological polar surface area (TPSA) is 83.5 Å². The van der Waals surface area contributed by atoms with Crippen molar-refractivity contribution < 1.29 is 23.2 Å². The second-order valence-electron chi connectivity index (χ2n) is 7.15. The van der Waals surface area contributed by atoms with Gasteiger partial charge < -0.3 is 9.80 Å². The molecule has 0 unspecified atom stereocenters. The Morgan fingerprint density at radius 3 is 2.28 bits per heavy atom. The fourth-order valence-electron chi connectivity index (χ4n) is 2.96. The molecule has 0 aliphatic rings. The molecular weight excluding hydrogens is 418 g/mol. The standard InChI is InChI=1S/C23H20F2N4O3/c1-28(2)23(32)16-5-3-6-17(12-16)29(14-15-7-8-18(24)19(25)11-15)21(31)13-20(30)22-26-9-4-10-27-22/h3-12H,13-14H2,1-2H3. The maximum atomic E-state index is 13.7. The molecule has 0 aliphatic heterocycles. The minimum atomic E-state index is -1.06. The number of aromatic nitrogens is 2. The van der Waals surface area contributed by atoms with Crippen LogP contribution >= 0.6 is 0 Å². The van der Waals surface area contributed by atoms with Crippen molar-refractivity contribution in [3.8, 4) is 0 Å². The summed E-state index contributed by atoms with van der Waals surface area (Å²) in [5.74, 6) is -3.65. The fourth-order valence-corrected chi connectivity index (χ4v) is 2.96. The lowest BCUT2D eigenvalue weighted by molar-refractivity contribution is -0.117. The van der Waals surface area contributed by atoms with Gasteiger partial charge in [0.05, 0.1) is 13.0 Å². The number of hydrogen-bond acceptors (Lipinski definition) is 5. The molecule has 0 aliphatic carbocycles. The summed E-state index contributed by atoms with van der Waals surface area (Å²) in [5.41, 5.74) is 0.965. The van der Waals surface area contributed by atoms with Crippen molar-refractivity contribution in [2.75, 3.05) is 19.0 Å². The van der Waals surface area contributed by atoms with E-state index in [1.807, 2.05) is 0 Å². The van der Waals surface area contributed by atoms with Crippen LogP contribution in [-0.2, 0) is 11.3 Å². The quantitative estimate of drug-likeness (QED) is 0.418. The Morgan fingerprint density at radius 2 is 1.62 bits per heavy atom. The molecule has 3 aromatic rings. The Balaban J connectivity index is 1.94. The van der Waals surface area contributed by atoms with Crippen molar-refractivity contribution in [1.29, 1.82) is 0 Å². The van der Waals surface area contributed by atoms with Gasteiger partial charge in [0.2, 0.25) is 11.7 Å². The van der Waals surface area contributed by atoms with Gasteiger partial charge in [0.1, 0.15) is 0 Å². The van der Waals surface area contributed by atoms with E-state index in [-0.39, 0.29) is 18.3 Å². The van der Waals surface area contributed by atoms with Crippen molar-refractivity contribution in [3.05, 3.63) is 89.5 Å². The van der Waals surface area contributed by atoms with E-state index in [4.69, 9.17) is 0 Å². The molecule has 164 valence electrons. The first-order chi connectivity index (χ1) is 15.3.